The lowest BCUT2D eigenvalue weighted by Crippen LogP contribution is -2.23. The van der Waals surface area contributed by atoms with Gasteiger partial charge in [0.25, 0.3) is 0 Å². The molecule has 208 valence electrons. The van der Waals surface area contributed by atoms with Crippen molar-refractivity contribution in [1.82, 2.24) is 0 Å². The minimum absolute atomic E-state index is 0.472. The van der Waals surface area contributed by atoms with Crippen molar-refractivity contribution in [2.24, 2.45) is 0 Å². The van der Waals surface area contributed by atoms with Crippen molar-refractivity contribution >= 4 is 57.9 Å². The first-order valence-electron chi connectivity index (χ1n) is 12.1. The van der Waals surface area contributed by atoms with Gasteiger partial charge in [0.15, 0.2) is 0 Å². The summed E-state index contributed by atoms with van der Waals surface area (Å²) in [5, 5.41) is 3.03. The van der Waals surface area contributed by atoms with Gasteiger partial charge in [0.1, 0.15) is 0 Å². The lowest BCUT2D eigenvalue weighted by molar-refractivity contribution is -0.138. The molecule has 0 aromatic heterocycles. The molecule has 0 radical (unpaired) electrons. The molecule has 4 aromatic carbocycles. The highest BCUT2D eigenvalue weighted by Crippen LogP contribution is 2.49. The molecule has 0 atom stereocenters. The van der Waals surface area contributed by atoms with Crippen LogP contribution in [0.15, 0.2) is 105 Å². The van der Waals surface area contributed by atoms with Crippen LogP contribution in [0.5, 0.6) is 0 Å². The fourth-order valence-electron chi connectivity index (χ4n) is 4.28. The van der Waals surface area contributed by atoms with Crippen molar-refractivity contribution in [2.75, 3.05) is 22.6 Å². The Balaban J connectivity index is 0.000000164. The Hall–Kier alpha value is -2.95. The van der Waals surface area contributed by atoms with Crippen LogP contribution >= 0.6 is 35.1 Å². The quantitative estimate of drug-likeness (QED) is 0.161. The highest BCUT2D eigenvalue weighted by atomic mass is 35.5. The zero-order valence-electron chi connectivity index (χ0n) is 20.6. The van der Waals surface area contributed by atoms with E-state index >= 15 is 0 Å². The van der Waals surface area contributed by atoms with Crippen LogP contribution in [0.3, 0.4) is 0 Å². The van der Waals surface area contributed by atoms with Gasteiger partial charge in [-0.3, -0.25) is 0 Å². The van der Waals surface area contributed by atoms with E-state index in [9.17, 15) is 26.3 Å². The van der Waals surface area contributed by atoms with Crippen molar-refractivity contribution in [3.8, 4) is 0 Å². The number of rotatable bonds is 3. The Kier molecular flexibility index (Phi) is 8.22. The Morgan fingerprint density at radius 1 is 0.625 bits per heavy atom. The zero-order valence-corrected chi connectivity index (χ0v) is 23.0. The predicted molar refractivity (Wildman–Crippen MR) is 150 cm³/mol. The summed E-state index contributed by atoms with van der Waals surface area (Å²) in [6.07, 6.45) is -7.94. The van der Waals surface area contributed by atoms with E-state index in [0.717, 1.165) is 49.2 Å². The standard InChI is InChI=1S/C16H13ClF3NS.C13H8F3NS/c17-8-3-9-21-12-4-1-2-5-14(12)22-15-7-6-11(10-13(15)21)16(18,19)20;14-13(15,16)8-5-6-12-10(7-8)17-9-3-1-2-4-11(9)18-12/h1-2,4-7,10H,3,8-9H2;1-7,17H. The fraction of sp³-hybridized carbons (Fsp3) is 0.172. The molecular weight excluding hydrogens is 590 g/mol. The summed E-state index contributed by atoms with van der Waals surface area (Å²) in [6, 6.07) is 23.0. The molecule has 11 heteroatoms. The Morgan fingerprint density at radius 3 is 1.88 bits per heavy atom. The van der Waals surface area contributed by atoms with Crippen molar-refractivity contribution in [3.05, 3.63) is 96.1 Å². The van der Waals surface area contributed by atoms with Gasteiger partial charge in [0, 0.05) is 32.0 Å². The highest BCUT2D eigenvalue weighted by molar-refractivity contribution is 8.00. The number of para-hydroxylation sites is 2. The van der Waals surface area contributed by atoms with Gasteiger partial charge < -0.3 is 10.2 Å². The van der Waals surface area contributed by atoms with Gasteiger partial charge >= 0.3 is 12.4 Å². The van der Waals surface area contributed by atoms with E-state index in [0.29, 0.717) is 30.2 Å². The molecule has 2 aliphatic heterocycles. The molecule has 0 aliphatic carbocycles. The number of halogens is 7. The SMILES string of the molecule is FC(F)(F)c1ccc2c(c1)N(CCCCl)c1ccccc1S2.FC(F)(F)c1ccc2c(c1)Nc1ccccc1S2. The molecule has 4 aromatic rings. The zero-order chi connectivity index (χ0) is 28.5. The molecule has 0 spiro atoms. The van der Waals surface area contributed by atoms with Gasteiger partial charge in [0.2, 0.25) is 0 Å². The van der Waals surface area contributed by atoms with Gasteiger partial charge in [-0.05, 0) is 67.1 Å². The molecule has 0 saturated heterocycles. The maximum absolute atomic E-state index is 13.0. The fourth-order valence-corrected chi connectivity index (χ4v) is 6.44. The molecule has 0 bridgehead atoms. The average molecular weight is 611 g/mol. The summed E-state index contributed by atoms with van der Waals surface area (Å²) in [6.45, 7) is 0.593. The number of alkyl halides is 7. The number of fused-ring (bicyclic) bond motifs is 4. The van der Waals surface area contributed by atoms with Crippen LogP contribution in [0, 0.1) is 0 Å². The van der Waals surface area contributed by atoms with E-state index in [4.69, 9.17) is 11.6 Å². The van der Waals surface area contributed by atoms with Crippen LogP contribution in [0.2, 0.25) is 0 Å². The molecule has 2 heterocycles. The van der Waals surface area contributed by atoms with Crippen LogP contribution in [0.1, 0.15) is 17.5 Å². The van der Waals surface area contributed by atoms with Crippen molar-refractivity contribution in [1.29, 1.82) is 0 Å². The molecule has 0 amide bonds. The lowest BCUT2D eigenvalue weighted by atomic mass is 10.1. The third-order valence-electron chi connectivity index (χ3n) is 6.15. The molecule has 1 N–H and O–H groups in total. The van der Waals surface area contributed by atoms with Crippen LogP contribution in [0.4, 0.5) is 49.1 Å². The first-order valence-corrected chi connectivity index (χ1v) is 14.3. The molecule has 0 unspecified atom stereocenters. The van der Waals surface area contributed by atoms with E-state index < -0.39 is 23.5 Å². The summed E-state index contributed by atoms with van der Waals surface area (Å²) >= 11 is 8.74. The number of nitrogens with zero attached hydrogens (tertiary/aromatic N) is 1. The summed E-state index contributed by atoms with van der Waals surface area (Å²) in [4.78, 5) is 5.63. The Morgan fingerprint density at radius 2 is 1.18 bits per heavy atom. The molecular formula is C29H21ClF6N2S2. The smallest absolute Gasteiger partial charge is 0.354 e. The summed E-state index contributed by atoms with van der Waals surface area (Å²) in [7, 11) is 0. The number of hydrogen-bond acceptors (Lipinski definition) is 4. The van der Waals surface area contributed by atoms with Gasteiger partial charge in [-0.1, -0.05) is 47.8 Å². The van der Waals surface area contributed by atoms with E-state index in [-0.39, 0.29) is 0 Å². The topological polar surface area (TPSA) is 15.3 Å². The molecule has 2 aliphatic rings. The highest BCUT2D eigenvalue weighted by Gasteiger charge is 2.33. The molecule has 40 heavy (non-hydrogen) atoms. The van der Waals surface area contributed by atoms with Crippen LogP contribution in [0.25, 0.3) is 0 Å². The van der Waals surface area contributed by atoms with Gasteiger partial charge in [-0.2, -0.15) is 26.3 Å². The lowest BCUT2D eigenvalue weighted by Gasteiger charge is -2.33. The van der Waals surface area contributed by atoms with Gasteiger partial charge in [-0.25, -0.2) is 0 Å². The first-order chi connectivity index (χ1) is 19.0. The number of anilines is 4. The predicted octanol–water partition coefficient (Wildman–Crippen LogP) is 10.9. The largest absolute Gasteiger partial charge is 0.416 e. The maximum Gasteiger partial charge on any atom is 0.416 e. The molecule has 2 nitrogen and oxygen atoms in total. The molecule has 6 rings (SSSR count). The maximum atomic E-state index is 13.0. The summed E-state index contributed by atoms with van der Waals surface area (Å²) in [5.74, 6) is 0.472. The minimum Gasteiger partial charge on any atom is -0.354 e. The summed E-state index contributed by atoms with van der Waals surface area (Å²) < 4.78 is 76.8. The van der Waals surface area contributed by atoms with Gasteiger partial charge in [0.05, 0.1) is 33.9 Å². The van der Waals surface area contributed by atoms with Gasteiger partial charge in [-0.15, -0.1) is 11.6 Å². The minimum atomic E-state index is -4.34. The van der Waals surface area contributed by atoms with E-state index in [2.05, 4.69) is 5.32 Å². The molecule has 0 fully saturated rings. The normalized spacial score (nSPS) is 13.6. The summed E-state index contributed by atoms with van der Waals surface area (Å²) in [5.41, 5.74) is 1.63. The van der Waals surface area contributed by atoms with E-state index in [1.54, 1.807) is 6.07 Å². The number of nitrogens with one attached hydrogen (secondary N) is 1. The van der Waals surface area contributed by atoms with Crippen LogP contribution in [-0.2, 0) is 12.4 Å². The molecule has 0 saturated carbocycles. The van der Waals surface area contributed by atoms with E-state index in [1.807, 2.05) is 53.4 Å². The second-order valence-electron chi connectivity index (χ2n) is 8.88. The average Bonchev–Trinajstić information content (AvgIpc) is 2.93. The third-order valence-corrected chi connectivity index (χ3v) is 8.70. The van der Waals surface area contributed by atoms with Crippen LogP contribution in [-0.4, -0.2) is 12.4 Å². The number of hydrogen-bond donors (Lipinski definition) is 1. The Bertz CT molecular complexity index is 1520. The van der Waals surface area contributed by atoms with E-state index in [1.165, 1.54) is 35.7 Å². The Labute approximate surface area is 240 Å². The third kappa shape index (κ3) is 6.19. The second-order valence-corrected chi connectivity index (χ2v) is 11.4. The van der Waals surface area contributed by atoms with Crippen molar-refractivity contribution in [3.63, 3.8) is 0 Å². The second kappa shape index (κ2) is 11.5. The van der Waals surface area contributed by atoms with Crippen molar-refractivity contribution < 1.29 is 26.3 Å². The first kappa shape index (κ1) is 28.6. The number of benzene rings is 4. The monoisotopic (exact) mass is 610 g/mol. The van der Waals surface area contributed by atoms with Crippen molar-refractivity contribution in [2.45, 2.75) is 38.4 Å². The van der Waals surface area contributed by atoms with Crippen LogP contribution < -0.4 is 10.2 Å².